The molecule has 2 N–H and O–H groups in total. The Kier molecular flexibility index (Phi) is 8.82. The fourth-order valence-corrected chi connectivity index (χ4v) is 6.47. The van der Waals surface area contributed by atoms with E-state index in [2.05, 4.69) is 0 Å². The van der Waals surface area contributed by atoms with E-state index in [-0.39, 0.29) is 17.2 Å². The number of ether oxygens (including phenoxy) is 1. The van der Waals surface area contributed by atoms with E-state index in [1.165, 1.54) is 28.2 Å². The topological polar surface area (TPSA) is 90.3 Å². The molecule has 10 heteroatoms. The van der Waals surface area contributed by atoms with Crippen LogP contribution in [0.3, 0.4) is 0 Å². The van der Waals surface area contributed by atoms with Gasteiger partial charge in [0.2, 0.25) is 5.91 Å². The van der Waals surface area contributed by atoms with Crippen molar-refractivity contribution in [3.05, 3.63) is 89.4 Å². The van der Waals surface area contributed by atoms with Crippen molar-refractivity contribution >= 4 is 39.1 Å². The van der Waals surface area contributed by atoms with Crippen LogP contribution in [0.4, 0.5) is 5.69 Å². The first-order valence-electron chi connectivity index (χ1n) is 11.6. The first-order valence-corrected chi connectivity index (χ1v) is 14.6. The largest absolute Gasteiger partial charge is 0.493 e. The van der Waals surface area contributed by atoms with Crippen LogP contribution >= 0.6 is 23.4 Å². The van der Waals surface area contributed by atoms with Crippen molar-refractivity contribution in [2.24, 2.45) is 0 Å². The van der Waals surface area contributed by atoms with E-state index in [0.717, 1.165) is 5.75 Å². The molecule has 0 bridgehead atoms. The predicted molar refractivity (Wildman–Crippen MR) is 144 cm³/mol. The highest BCUT2D eigenvalue weighted by Crippen LogP contribution is 2.29. The lowest BCUT2D eigenvalue weighted by atomic mass is 10.2. The summed E-state index contributed by atoms with van der Waals surface area (Å²) >= 11 is 7.49. The number of aliphatic hydroxyl groups is 2. The number of benzene rings is 3. The molecule has 3 aromatic carbocycles. The first-order chi connectivity index (χ1) is 17.3. The molecule has 1 fully saturated rings. The Morgan fingerprint density at radius 2 is 1.69 bits per heavy atom. The molecule has 7 nitrogen and oxygen atoms in total. The fraction of sp³-hybridized carbons (Fsp3) is 0.308. The molecule has 0 spiro atoms. The Bertz CT molecular complexity index is 1240. The van der Waals surface area contributed by atoms with Gasteiger partial charge < -0.3 is 14.9 Å². The summed E-state index contributed by atoms with van der Waals surface area (Å²) in [6.07, 6.45) is 0.591. The van der Waals surface area contributed by atoms with E-state index >= 15 is 0 Å². The molecule has 1 saturated heterocycles. The third-order valence-corrected chi connectivity index (χ3v) is 8.97. The lowest BCUT2D eigenvalue weighted by molar-refractivity contribution is -0.247. The third kappa shape index (κ3) is 6.53. The van der Waals surface area contributed by atoms with Gasteiger partial charge in [0.05, 0.1) is 29.5 Å². The molecule has 4 rings (SSSR count). The molecule has 0 unspecified atom stereocenters. The quantitative estimate of drug-likeness (QED) is 0.290. The van der Waals surface area contributed by atoms with Crippen molar-refractivity contribution < 1.29 is 23.4 Å². The van der Waals surface area contributed by atoms with Gasteiger partial charge in [-0.05, 0) is 48.9 Å². The normalized spacial score (nSPS) is 16.0. The zero-order valence-corrected chi connectivity index (χ0v) is 22.1. The lowest BCUT2D eigenvalue weighted by Crippen LogP contribution is -2.54. The van der Waals surface area contributed by atoms with E-state index in [9.17, 15) is 18.6 Å². The molecule has 0 saturated carbocycles. The lowest BCUT2D eigenvalue weighted by Gasteiger charge is -2.38. The van der Waals surface area contributed by atoms with Crippen LogP contribution in [0.2, 0.25) is 5.02 Å². The number of hydrogen-bond donors (Lipinski definition) is 2. The molecule has 3 aromatic rings. The van der Waals surface area contributed by atoms with Crippen molar-refractivity contribution in [2.75, 3.05) is 35.5 Å². The molecule has 1 aliphatic heterocycles. The summed E-state index contributed by atoms with van der Waals surface area (Å²) in [6, 6.07) is 22.4. The zero-order chi connectivity index (χ0) is 25.6. The molecule has 192 valence electrons. The van der Waals surface area contributed by atoms with E-state index in [1.54, 1.807) is 41.3 Å². The maximum absolute atomic E-state index is 13.6. The van der Waals surface area contributed by atoms with E-state index in [0.29, 0.717) is 48.1 Å². The van der Waals surface area contributed by atoms with Gasteiger partial charge >= 0.3 is 0 Å². The van der Waals surface area contributed by atoms with Crippen LogP contribution in [-0.4, -0.2) is 60.6 Å². The SMILES string of the molecule is O=S(=O)(c1ccc(Cl)cc1)N(Cc1ccccc1OCCCN1CCSCC1(O)O)c1ccccc1. The summed E-state index contributed by atoms with van der Waals surface area (Å²) in [5.74, 6) is -0.108. The Balaban J connectivity index is 1.51. The van der Waals surface area contributed by atoms with Crippen LogP contribution < -0.4 is 9.04 Å². The van der Waals surface area contributed by atoms with Gasteiger partial charge in [-0.3, -0.25) is 9.21 Å². The highest BCUT2D eigenvalue weighted by atomic mass is 35.5. The highest BCUT2D eigenvalue weighted by Gasteiger charge is 2.34. The molecule has 1 heterocycles. The summed E-state index contributed by atoms with van der Waals surface area (Å²) in [5.41, 5.74) is 1.25. The molecule has 1 aliphatic rings. The van der Waals surface area contributed by atoms with Crippen molar-refractivity contribution in [3.63, 3.8) is 0 Å². The molecule has 0 radical (unpaired) electrons. The van der Waals surface area contributed by atoms with Gasteiger partial charge in [0.1, 0.15) is 5.75 Å². The maximum atomic E-state index is 13.6. The average Bonchev–Trinajstić information content (AvgIpc) is 2.87. The van der Waals surface area contributed by atoms with Crippen molar-refractivity contribution in [1.82, 2.24) is 4.90 Å². The van der Waals surface area contributed by atoms with Gasteiger partial charge in [0, 0.05) is 29.4 Å². The van der Waals surface area contributed by atoms with Gasteiger partial charge in [-0.2, -0.15) is 11.8 Å². The number of sulfonamides is 1. The molecule has 0 aromatic heterocycles. The molecule has 0 atom stereocenters. The molecule has 36 heavy (non-hydrogen) atoms. The second-order valence-corrected chi connectivity index (χ2v) is 11.8. The number of hydrogen-bond acceptors (Lipinski definition) is 7. The number of thioether (sulfide) groups is 1. The standard InChI is InChI=1S/C26H29ClN2O5S2/c27-22-11-13-24(14-12-22)36(32,33)29(23-8-2-1-3-9-23)19-21-7-4-5-10-25(21)34-17-6-15-28-16-18-35-20-26(28,30)31/h1-5,7-14,30-31H,6,15-20H2. The Labute approximate surface area is 221 Å². The number of nitrogens with zero attached hydrogens (tertiary/aromatic N) is 2. The maximum Gasteiger partial charge on any atom is 0.264 e. The molecule has 0 amide bonds. The van der Waals surface area contributed by atoms with Gasteiger partial charge in [-0.15, -0.1) is 0 Å². The van der Waals surface area contributed by atoms with Crippen molar-refractivity contribution in [2.45, 2.75) is 23.8 Å². The predicted octanol–water partition coefficient (Wildman–Crippen LogP) is 4.19. The first kappa shape index (κ1) is 26.8. The average molecular weight is 549 g/mol. The number of anilines is 1. The minimum absolute atomic E-state index is 0.0743. The summed E-state index contributed by atoms with van der Waals surface area (Å²) in [4.78, 5) is 1.79. The minimum atomic E-state index is -3.88. The van der Waals surface area contributed by atoms with Crippen LogP contribution in [-0.2, 0) is 16.6 Å². The van der Waals surface area contributed by atoms with Crippen LogP contribution in [0.25, 0.3) is 0 Å². The fourth-order valence-electron chi connectivity index (χ4n) is 3.96. The summed E-state index contributed by atoms with van der Waals surface area (Å²) < 4.78 is 34.7. The molecular formula is C26H29ClN2O5S2. The van der Waals surface area contributed by atoms with E-state index in [4.69, 9.17) is 16.3 Å². The van der Waals surface area contributed by atoms with Gasteiger partial charge in [-0.25, -0.2) is 8.42 Å². The number of rotatable bonds is 10. The molecule has 0 aliphatic carbocycles. The summed E-state index contributed by atoms with van der Waals surface area (Å²) in [5, 5.41) is 20.7. The molecular weight excluding hydrogens is 520 g/mol. The summed E-state index contributed by atoms with van der Waals surface area (Å²) in [6.45, 7) is 1.51. The highest BCUT2D eigenvalue weighted by molar-refractivity contribution is 7.99. The van der Waals surface area contributed by atoms with Gasteiger partial charge in [-0.1, -0.05) is 48.0 Å². The van der Waals surface area contributed by atoms with Crippen LogP contribution in [0.1, 0.15) is 12.0 Å². The monoisotopic (exact) mass is 548 g/mol. The Hall–Kier alpha value is -2.27. The van der Waals surface area contributed by atoms with Crippen LogP contribution in [0, 0.1) is 0 Å². The van der Waals surface area contributed by atoms with Crippen LogP contribution in [0.15, 0.2) is 83.8 Å². The Morgan fingerprint density at radius 3 is 2.42 bits per heavy atom. The minimum Gasteiger partial charge on any atom is -0.493 e. The van der Waals surface area contributed by atoms with E-state index in [1.807, 2.05) is 30.3 Å². The number of para-hydroxylation sites is 2. The van der Waals surface area contributed by atoms with Gasteiger partial charge in [0.15, 0.2) is 0 Å². The van der Waals surface area contributed by atoms with Gasteiger partial charge in [0.25, 0.3) is 10.0 Å². The Morgan fingerprint density at radius 1 is 1.00 bits per heavy atom. The summed E-state index contributed by atoms with van der Waals surface area (Å²) in [7, 11) is -3.88. The van der Waals surface area contributed by atoms with Crippen LogP contribution in [0.5, 0.6) is 5.75 Å². The third-order valence-electron chi connectivity index (χ3n) is 5.87. The zero-order valence-electron chi connectivity index (χ0n) is 19.7. The van der Waals surface area contributed by atoms with Crippen molar-refractivity contribution in [1.29, 1.82) is 0 Å². The number of halogens is 1. The second-order valence-electron chi connectivity index (χ2n) is 8.42. The van der Waals surface area contributed by atoms with Crippen molar-refractivity contribution in [3.8, 4) is 5.75 Å². The van der Waals surface area contributed by atoms with E-state index < -0.39 is 15.9 Å². The second kappa shape index (κ2) is 11.9. The smallest absolute Gasteiger partial charge is 0.264 e.